The van der Waals surface area contributed by atoms with Crippen molar-refractivity contribution in [3.8, 4) is 0 Å². The summed E-state index contributed by atoms with van der Waals surface area (Å²) in [5, 5.41) is 9.73. The Morgan fingerprint density at radius 1 is 1.33 bits per heavy atom. The third-order valence-corrected chi connectivity index (χ3v) is 4.88. The monoisotopic (exact) mass is 300 g/mol. The van der Waals surface area contributed by atoms with Crippen molar-refractivity contribution in [3.63, 3.8) is 0 Å². The molecule has 3 aliphatic heterocycles. The van der Waals surface area contributed by atoms with E-state index < -0.39 is 17.5 Å². The number of esters is 1. The standard InChI is InChI=1S/C15H24O6/c1-8-10(5-9-7-18-14(2,3)21-9)19-13(17)15(4)6-11(16)20-12(8)15/h8-12,16H,5-7H2,1-4H3/t8-,9+,10-,11?,12+,15+/m1/s1. The molecule has 0 aliphatic carbocycles. The van der Waals surface area contributed by atoms with E-state index in [1.807, 2.05) is 20.8 Å². The molecular formula is C15H24O6. The van der Waals surface area contributed by atoms with Crippen molar-refractivity contribution >= 4 is 5.97 Å². The highest BCUT2D eigenvalue weighted by atomic mass is 16.7. The lowest BCUT2D eigenvalue weighted by Gasteiger charge is -2.42. The van der Waals surface area contributed by atoms with Gasteiger partial charge in [0.25, 0.3) is 0 Å². The quantitative estimate of drug-likeness (QED) is 0.773. The largest absolute Gasteiger partial charge is 0.461 e. The molecule has 3 saturated heterocycles. The van der Waals surface area contributed by atoms with Crippen LogP contribution in [0.5, 0.6) is 0 Å². The van der Waals surface area contributed by atoms with Crippen LogP contribution in [-0.4, -0.2) is 48.1 Å². The van der Waals surface area contributed by atoms with E-state index in [1.165, 1.54) is 0 Å². The molecule has 6 heteroatoms. The summed E-state index contributed by atoms with van der Waals surface area (Å²) >= 11 is 0. The highest BCUT2D eigenvalue weighted by Crippen LogP contribution is 2.47. The van der Waals surface area contributed by atoms with Crippen LogP contribution in [0.3, 0.4) is 0 Å². The van der Waals surface area contributed by atoms with Gasteiger partial charge in [-0.15, -0.1) is 0 Å². The Bertz CT molecular complexity index is 436. The maximum absolute atomic E-state index is 12.3. The predicted molar refractivity (Wildman–Crippen MR) is 72.2 cm³/mol. The molecule has 6 nitrogen and oxygen atoms in total. The topological polar surface area (TPSA) is 74.2 Å². The molecule has 6 atom stereocenters. The number of aliphatic hydroxyl groups is 1. The van der Waals surface area contributed by atoms with Crippen molar-refractivity contribution in [1.29, 1.82) is 0 Å². The number of aliphatic hydroxyl groups excluding tert-OH is 1. The van der Waals surface area contributed by atoms with Gasteiger partial charge >= 0.3 is 5.97 Å². The van der Waals surface area contributed by atoms with Gasteiger partial charge in [-0.2, -0.15) is 0 Å². The van der Waals surface area contributed by atoms with E-state index >= 15 is 0 Å². The summed E-state index contributed by atoms with van der Waals surface area (Å²) in [6, 6.07) is 0. The molecule has 3 rings (SSSR count). The molecular weight excluding hydrogens is 276 g/mol. The van der Waals surface area contributed by atoms with Crippen molar-refractivity contribution in [3.05, 3.63) is 0 Å². The Labute approximate surface area is 124 Å². The van der Waals surface area contributed by atoms with Gasteiger partial charge in [0.05, 0.1) is 24.2 Å². The summed E-state index contributed by atoms with van der Waals surface area (Å²) in [6.45, 7) is 8.05. The number of carbonyl (C=O) groups is 1. The van der Waals surface area contributed by atoms with E-state index in [0.717, 1.165) is 0 Å². The van der Waals surface area contributed by atoms with E-state index in [-0.39, 0.29) is 30.2 Å². The van der Waals surface area contributed by atoms with Crippen molar-refractivity contribution in [2.24, 2.45) is 11.3 Å². The SMILES string of the molecule is C[C@@H]1[C@@H](C[C@H]2COC(C)(C)O2)OC(=O)[C@@]2(C)CC(O)O[C@@H]12. The summed E-state index contributed by atoms with van der Waals surface area (Å²) in [5.74, 6) is -0.858. The predicted octanol–water partition coefficient (Wildman–Crippen LogP) is 1.20. The van der Waals surface area contributed by atoms with E-state index in [4.69, 9.17) is 18.9 Å². The molecule has 0 amide bonds. The van der Waals surface area contributed by atoms with Gasteiger partial charge in [-0.3, -0.25) is 4.79 Å². The smallest absolute Gasteiger partial charge is 0.314 e. The minimum atomic E-state index is -0.890. The first-order valence-corrected chi connectivity index (χ1v) is 7.58. The van der Waals surface area contributed by atoms with E-state index in [2.05, 4.69) is 0 Å². The second-order valence-corrected chi connectivity index (χ2v) is 7.12. The van der Waals surface area contributed by atoms with Gasteiger partial charge in [0.1, 0.15) is 6.10 Å². The number of hydrogen-bond acceptors (Lipinski definition) is 6. The van der Waals surface area contributed by atoms with Crippen LogP contribution >= 0.6 is 0 Å². The van der Waals surface area contributed by atoms with Crippen LogP contribution in [0.4, 0.5) is 0 Å². The molecule has 0 bridgehead atoms. The molecule has 0 saturated carbocycles. The minimum Gasteiger partial charge on any atom is -0.461 e. The van der Waals surface area contributed by atoms with Crippen molar-refractivity contribution in [1.82, 2.24) is 0 Å². The number of carbonyl (C=O) groups excluding carboxylic acids is 1. The first-order chi connectivity index (χ1) is 9.71. The fourth-order valence-electron chi connectivity index (χ4n) is 3.73. The van der Waals surface area contributed by atoms with Crippen LogP contribution in [-0.2, 0) is 23.7 Å². The van der Waals surface area contributed by atoms with Crippen LogP contribution in [0.1, 0.15) is 40.5 Å². The summed E-state index contributed by atoms with van der Waals surface area (Å²) in [5.41, 5.74) is -0.748. The van der Waals surface area contributed by atoms with Crippen molar-refractivity contribution in [2.45, 2.75) is 70.9 Å². The van der Waals surface area contributed by atoms with E-state index in [1.54, 1.807) is 6.92 Å². The van der Waals surface area contributed by atoms with Crippen molar-refractivity contribution < 1.29 is 28.8 Å². The third kappa shape index (κ3) is 2.59. The summed E-state index contributed by atoms with van der Waals surface area (Å²) in [7, 11) is 0. The van der Waals surface area contributed by atoms with Gasteiger partial charge < -0.3 is 24.1 Å². The summed E-state index contributed by atoms with van der Waals surface area (Å²) < 4.78 is 22.5. The fraction of sp³-hybridized carbons (Fsp3) is 0.933. The van der Waals surface area contributed by atoms with Crippen LogP contribution in [0, 0.1) is 11.3 Å². The Hall–Kier alpha value is -0.690. The lowest BCUT2D eigenvalue weighted by atomic mass is 9.73. The van der Waals surface area contributed by atoms with Gasteiger partial charge in [0.2, 0.25) is 0 Å². The van der Waals surface area contributed by atoms with Gasteiger partial charge in [-0.25, -0.2) is 0 Å². The number of rotatable bonds is 2. The fourth-order valence-corrected chi connectivity index (χ4v) is 3.73. The molecule has 1 N–H and O–H groups in total. The first-order valence-electron chi connectivity index (χ1n) is 7.58. The minimum absolute atomic E-state index is 0.0113. The molecule has 1 unspecified atom stereocenters. The molecule has 3 heterocycles. The molecule has 3 aliphatic rings. The average Bonchev–Trinajstić information content (AvgIpc) is 2.87. The second-order valence-electron chi connectivity index (χ2n) is 7.12. The Morgan fingerprint density at radius 2 is 2.05 bits per heavy atom. The lowest BCUT2D eigenvalue weighted by molar-refractivity contribution is -0.197. The first kappa shape index (κ1) is 15.2. The van der Waals surface area contributed by atoms with Gasteiger partial charge in [-0.05, 0) is 20.8 Å². The van der Waals surface area contributed by atoms with Crippen LogP contribution in [0.25, 0.3) is 0 Å². The van der Waals surface area contributed by atoms with Crippen LogP contribution in [0.2, 0.25) is 0 Å². The molecule has 3 fully saturated rings. The zero-order valence-corrected chi connectivity index (χ0v) is 13.0. The Morgan fingerprint density at radius 3 is 2.67 bits per heavy atom. The summed E-state index contributed by atoms with van der Waals surface area (Å²) in [6.07, 6.45) is -0.682. The maximum atomic E-state index is 12.3. The zero-order valence-electron chi connectivity index (χ0n) is 13.0. The second kappa shape index (κ2) is 4.91. The normalized spacial score (nSPS) is 49.0. The molecule has 0 aromatic carbocycles. The van der Waals surface area contributed by atoms with E-state index in [0.29, 0.717) is 19.4 Å². The summed E-state index contributed by atoms with van der Waals surface area (Å²) in [4.78, 5) is 12.3. The number of hydrogen-bond donors (Lipinski definition) is 1. The maximum Gasteiger partial charge on any atom is 0.314 e. The molecule has 0 aromatic heterocycles. The lowest BCUT2D eigenvalue weighted by Crippen LogP contribution is -2.53. The highest BCUT2D eigenvalue weighted by molar-refractivity contribution is 5.78. The van der Waals surface area contributed by atoms with Crippen LogP contribution < -0.4 is 0 Å². The van der Waals surface area contributed by atoms with Gasteiger partial charge in [-0.1, -0.05) is 6.92 Å². The highest BCUT2D eigenvalue weighted by Gasteiger charge is 2.59. The third-order valence-electron chi connectivity index (χ3n) is 4.88. The zero-order chi connectivity index (χ0) is 15.4. The molecule has 0 spiro atoms. The van der Waals surface area contributed by atoms with Gasteiger partial charge in [0.15, 0.2) is 12.1 Å². The molecule has 0 radical (unpaired) electrons. The molecule has 120 valence electrons. The van der Waals surface area contributed by atoms with Gasteiger partial charge in [0, 0.05) is 18.8 Å². The number of fused-ring (bicyclic) bond motifs is 1. The Balaban J connectivity index is 1.70. The number of cyclic esters (lactones) is 1. The van der Waals surface area contributed by atoms with Crippen molar-refractivity contribution in [2.75, 3.05) is 6.61 Å². The van der Waals surface area contributed by atoms with Crippen LogP contribution in [0.15, 0.2) is 0 Å². The molecule has 0 aromatic rings. The average molecular weight is 300 g/mol. The van der Waals surface area contributed by atoms with E-state index in [9.17, 15) is 9.90 Å². The molecule has 21 heavy (non-hydrogen) atoms. The number of ether oxygens (including phenoxy) is 4. The Kier molecular flexibility index (Phi) is 3.56.